The zero-order valence-corrected chi connectivity index (χ0v) is 10.4. The standard InChI is InChI=1S/C12H20N4O/c1-9(2)3-10(5-13)4-12(17)16-11-6-14-8-15-7-11/h6-10H,3-5,13H2,1-2H3,(H,16,17). The molecule has 1 aromatic heterocycles. The van der Waals surface area contributed by atoms with Gasteiger partial charge in [0.15, 0.2) is 0 Å². The van der Waals surface area contributed by atoms with Crippen LogP contribution < -0.4 is 11.1 Å². The lowest BCUT2D eigenvalue weighted by atomic mass is 9.94. The third-order valence-electron chi connectivity index (χ3n) is 2.46. The van der Waals surface area contributed by atoms with E-state index >= 15 is 0 Å². The van der Waals surface area contributed by atoms with Gasteiger partial charge in [-0.3, -0.25) is 4.79 Å². The molecule has 0 aliphatic heterocycles. The topological polar surface area (TPSA) is 80.9 Å². The minimum absolute atomic E-state index is 0.0316. The molecule has 1 unspecified atom stereocenters. The van der Waals surface area contributed by atoms with Gasteiger partial charge in [0.1, 0.15) is 6.33 Å². The fourth-order valence-corrected chi connectivity index (χ4v) is 1.77. The van der Waals surface area contributed by atoms with Crippen LogP contribution in [-0.2, 0) is 4.79 Å². The molecular formula is C12H20N4O. The quantitative estimate of drug-likeness (QED) is 0.782. The molecule has 5 heteroatoms. The van der Waals surface area contributed by atoms with Crippen LogP contribution >= 0.6 is 0 Å². The zero-order valence-electron chi connectivity index (χ0n) is 10.4. The van der Waals surface area contributed by atoms with Crippen molar-refractivity contribution in [3.05, 3.63) is 18.7 Å². The van der Waals surface area contributed by atoms with Gasteiger partial charge in [-0.25, -0.2) is 9.97 Å². The van der Waals surface area contributed by atoms with Crippen molar-refractivity contribution in [1.29, 1.82) is 0 Å². The number of aromatic nitrogens is 2. The summed E-state index contributed by atoms with van der Waals surface area (Å²) in [5.41, 5.74) is 6.28. The molecule has 0 aliphatic carbocycles. The van der Waals surface area contributed by atoms with E-state index in [0.717, 1.165) is 6.42 Å². The first-order chi connectivity index (χ1) is 8.11. The number of carbonyl (C=O) groups is 1. The number of anilines is 1. The van der Waals surface area contributed by atoms with Gasteiger partial charge in [0, 0.05) is 6.42 Å². The predicted octanol–water partition coefficient (Wildman–Crippen LogP) is 1.43. The van der Waals surface area contributed by atoms with Gasteiger partial charge in [-0.2, -0.15) is 0 Å². The van der Waals surface area contributed by atoms with Gasteiger partial charge in [-0.05, 0) is 24.8 Å². The highest BCUT2D eigenvalue weighted by atomic mass is 16.1. The van der Waals surface area contributed by atoms with E-state index in [9.17, 15) is 4.79 Å². The van der Waals surface area contributed by atoms with Crippen molar-refractivity contribution in [1.82, 2.24) is 9.97 Å². The van der Waals surface area contributed by atoms with Crippen molar-refractivity contribution in [3.8, 4) is 0 Å². The Balaban J connectivity index is 2.43. The third kappa shape index (κ3) is 5.40. The molecule has 1 aromatic rings. The molecule has 0 aliphatic rings. The molecule has 0 saturated heterocycles. The molecule has 0 radical (unpaired) electrons. The summed E-state index contributed by atoms with van der Waals surface area (Å²) in [6, 6.07) is 0. The van der Waals surface area contributed by atoms with Crippen molar-refractivity contribution in [2.24, 2.45) is 17.6 Å². The highest BCUT2D eigenvalue weighted by Gasteiger charge is 2.14. The molecule has 17 heavy (non-hydrogen) atoms. The lowest BCUT2D eigenvalue weighted by Crippen LogP contribution is -2.23. The average Bonchev–Trinajstić information content (AvgIpc) is 2.28. The molecule has 3 N–H and O–H groups in total. The Kier molecular flexibility index (Phi) is 5.56. The van der Waals surface area contributed by atoms with Crippen molar-refractivity contribution >= 4 is 11.6 Å². The van der Waals surface area contributed by atoms with Crippen LogP contribution in [0.5, 0.6) is 0 Å². The molecule has 1 heterocycles. The number of hydrogen-bond acceptors (Lipinski definition) is 4. The number of nitrogens with one attached hydrogen (secondary N) is 1. The SMILES string of the molecule is CC(C)CC(CN)CC(=O)Nc1cncnc1. The van der Waals surface area contributed by atoms with Crippen molar-refractivity contribution in [3.63, 3.8) is 0 Å². The number of amides is 1. The summed E-state index contributed by atoms with van der Waals surface area (Å²) >= 11 is 0. The van der Waals surface area contributed by atoms with Gasteiger partial charge in [0.05, 0.1) is 18.1 Å². The first-order valence-electron chi connectivity index (χ1n) is 5.86. The maximum Gasteiger partial charge on any atom is 0.224 e. The van der Waals surface area contributed by atoms with Crippen LogP contribution in [0.25, 0.3) is 0 Å². The first-order valence-corrected chi connectivity index (χ1v) is 5.86. The van der Waals surface area contributed by atoms with E-state index < -0.39 is 0 Å². The van der Waals surface area contributed by atoms with E-state index in [1.54, 1.807) is 12.4 Å². The monoisotopic (exact) mass is 236 g/mol. The van der Waals surface area contributed by atoms with Crippen molar-refractivity contribution < 1.29 is 4.79 Å². The largest absolute Gasteiger partial charge is 0.330 e. The van der Waals surface area contributed by atoms with E-state index in [-0.39, 0.29) is 11.8 Å². The lowest BCUT2D eigenvalue weighted by Gasteiger charge is -2.16. The van der Waals surface area contributed by atoms with Gasteiger partial charge < -0.3 is 11.1 Å². The summed E-state index contributed by atoms with van der Waals surface area (Å²) in [6.07, 6.45) is 5.99. The van der Waals surface area contributed by atoms with Gasteiger partial charge in [-0.15, -0.1) is 0 Å². The summed E-state index contributed by atoms with van der Waals surface area (Å²) in [7, 11) is 0. The Hall–Kier alpha value is -1.49. The van der Waals surface area contributed by atoms with Gasteiger partial charge in [-0.1, -0.05) is 13.8 Å². The summed E-state index contributed by atoms with van der Waals surface area (Å²) in [4.78, 5) is 19.4. The lowest BCUT2D eigenvalue weighted by molar-refractivity contribution is -0.117. The van der Waals surface area contributed by atoms with E-state index in [4.69, 9.17) is 5.73 Å². The summed E-state index contributed by atoms with van der Waals surface area (Å²) in [5, 5.41) is 2.76. The average molecular weight is 236 g/mol. The number of nitrogens with two attached hydrogens (primary N) is 1. The Labute approximate surface area is 102 Å². The Bertz CT molecular complexity index is 340. The van der Waals surface area contributed by atoms with Crippen molar-refractivity contribution in [2.45, 2.75) is 26.7 Å². The van der Waals surface area contributed by atoms with Crippen LogP contribution in [0.2, 0.25) is 0 Å². The van der Waals surface area contributed by atoms with Crippen molar-refractivity contribution in [2.75, 3.05) is 11.9 Å². The number of hydrogen-bond donors (Lipinski definition) is 2. The molecular weight excluding hydrogens is 216 g/mol. The third-order valence-corrected chi connectivity index (χ3v) is 2.46. The molecule has 1 atom stereocenters. The van der Waals surface area contributed by atoms with Crippen LogP contribution in [0.4, 0.5) is 5.69 Å². The summed E-state index contributed by atoms with van der Waals surface area (Å²) in [6.45, 7) is 4.80. The van der Waals surface area contributed by atoms with Crippen LogP contribution in [0.3, 0.4) is 0 Å². The zero-order chi connectivity index (χ0) is 12.7. The minimum atomic E-state index is -0.0316. The van der Waals surface area contributed by atoms with Gasteiger partial charge in [0.25, 0.3) is 0 Å². The second-order valence-corrected chi connectivity index (χ2v) is 4.61. The fourth-order valence-electron chi connectivity index (χ4n) is 1.77. The molecule has 94 valence electrons. The van der Waals surface area contributed by atoms with Crippen LogP contribution in [0.15, 0.2) is 18.7 Å². The summed E-state index contributed by atoms with van der Waals surface area (Å²) < 4.78 is 0. The van der Waals surface area contributed by atoms with Gasteiger partial charge in [0.2, 0.25) is 5.91 Å². The number of nitrogens with zero attached hydrogens (tertiary/aromatic N) is 2. The number of rotatable bonds is 6. The molecule has 1 rings (SSSR count). The summed E-state index contributed by atoms with van der Waals surface area (Å²) in [5.74, 6) is 0.756. The Morgan fingerprint density at radius 1 is 1.41 bits per heavy atom. The van der Waals surface area contributed by atoms with Crippen LogP contribution in [-0.4, -0.2) is 22.4 Å². The Morgan fingerprint density at radius 3 is 2.59 bits per heavy atom. The maximum absolute atomic E-state index is 11.7. The molecule has 0 fully saturated rings. The van der Waals surface area contributed by atoms with Crippen LogP contribution in [0, 0.1) is 11.8 Å². The first kappa shape index (κ1) is 13.6. The van der Waals surface area contributed by atoms with Crippen LogP contribution in [0.1, 0.15) is 26.7 Å². The normalized spacial score (nSPS) is 12.5. The van der Waals surface area contributed by atoms with E-state index in [2.05, 4.69) is 29.1 Å². The second kappa shape index (κ2) is 6.96. The molecule has 0 saturated carbocycles. The molecule has 0 bridgehead atoms. The minimum Gasteiger partial charge on any atom is -0.330 e. The highest BCUT2D eigenvalue weighted by Crippen LogP contribution is 2.15. The molecule has 0 aromatic carbocycles. The number of carbonyl (C=O) groups excluding carboxylic acids is 1. The predicted molar refractivity (Wildman–Crippen MR) is 67.3 cm³/mol. The Morgan fingerprint density at radius 2 is 2.06 bits per heavy atom. The smallest absolute Gasteiger partial charge is 0.224 e. The molecule has 0 spiro atoms. The maximum atomic E-state index is 11.7. The second-order valence-electron chi connectivity index (χ2n) is 4.61. The molecule has 5 nitrogen and oxygen atoms in total. The van der Waals surface area contributed by atoms with E-state index in [1.165, 1.54) is 6.33 Å². The fraction of sp³-hybridized carbons (Fsp3) is 0.583. The van der Waals surface area contributed by atoms with E-state index in [1.807, 2.05) is 0 Å². The van der Waals surface area contributed by atoms with Gasteiger partial charge >= 0.3 is 0 Å². The highest BCUT2D eigenvalue weighted by molar-refractivity contribution is 5.90. The molecule has 1 amide bonds. The van der Waals surface area contributed by atoms with E-state index in [0.29, 0.717) is 24.6 Å².